The van der Waals surface area contributed by atoms with Crippen molar-refractivity contribution in [2.75, 3.05) is 7.11 Å². The van der Waals surface area contributed by atoms with Crippen molar-refractivity contribution in [3.8, 4) is 5.75 Å². The van der Waals surface area contributed by atoms with Crippen LogP contribution in [-0.2, 0) is 6.42 Å². The van der Waals surface area contributed by atoms with E-state index in [4.69, 9.17) is 16.3 Å². The van der Waals surface area contributed by atoms with Gasteiger partial charge in [0.25, 0.3) is 0 Å². The van der Waals surface area contributed by atoms with Crippen LogP contribution in [0.15, 0.2) is 18.2 Å². The first-order valence-corrected chi connectivity index (χ1v) is 6.88. The standard InChI is InChI=1S/C16H23ClO/c1-6-7-8-11(2)9-14-13(4)16(17)12(3)10-15(14)18-5/h7-8,10-11H,6,9H2,1-5H3/b8-7-. The van der Waals surface area contributed by atoms with Crippen LogP contribution >= 0.6 is 11.6 Å². The fraction of sp³-hybridized carbons (Fsp3) is 0.500. The largest absolute Gasteiger partial charge is 0.496 e. The quantitative estimate of drug-likeness (QED) is 0.673. The zero-order valence-electron chi connectivity index (χ0n) is 12.0. The van der Waals surface area contributed by atoms with E-state index in [2.05, 4.69) is 32.9 Å². The number of hydrogen-bond donors (Lipinski definition) is 0. The van der Waals surface area contributed by atoms with Crippen molar-refractivity contribution in [2.45, 2.75) is 40.5 Å². The highest BCUT2D eigenvalue weighted by Crippen LogP contribution is 2.33. The van der Waals surface area contributed by atoms with Crippen LogP contribution in [0.2, 0.25) is 5.02 Å². The van der Waals surface area contributed by atoms with Crippen LogP contribution < -0.4 is 4.74 Å². The van der Waals surface area contributed by atoms with E-state index in [-0.39, 0.29) is 0 Å². The molecule has 0 saturated carbocycles. The lowest BCUT2D eigenvalue weighted by Gasteiger charge is -2.17. The summed E-state index contributed by atoms with van der Waals surface area (Å²) in [6.45, 7) is 8.46. The molecule has 0 aromatic heterocycles. The third-order valence-corrected chi connectivity index (χ3v) is 3.80. The van der Waals surface area contributed by atoms with Gasteiger partial charge in [-0.2, -0.15) is 0 Å². The second kappa shape index (κ2) is 6.84. The second-order valence-electron chi connectivity index (χ2n) is 4.83. The van der Waals surface area contributed by atoms with E-state index in [1.165, 1.54) is 5.56 Å². The van der Waals surface area contributed by atoms with E-state index in [0.29, 0.717) is 5.92 Å². The second-order valence-corrected chi connectivity index (χ2v) is 5.21. The topological polar surface area (TPSA) is 9.23 Å². The molecule has 0 aliphatic rings. The van der Waals surface area contributed by atoms with Crippen LogP contribution in [-0.4, -0.2) is 7.11 Å². The minimum absolute atomic E-state index is 0.497. The molecule has 0 spiro atoms. The Kier molecular flexibility index (Phi) is 5.74. The fourth-order valence-corrected chi connectivity index (χ4v) is 2.32. The fourth-order valence-electron chi connectivity index (χ4n) is 2.15. The SMILES string of the molecule is CC/C=C\C(C)Cc1c(OC)cc(C)c(Cl)c1C. The zero-order valence-corrected chi connectivity index (χ0v) is 12.8. The summed E-state index contributed by atoms with van der Waals surface area (Å²) < 4.78 is 5.48. The Balaban J connectivity index is 3.07. The van der Waals surface area contributed by atoms with Gasteiger partial charge in [-0.05, 0) is 55.4 Å². The molecule has 0 radical (unpaired) electrons. The maximum atomic E-state index is 6.33. The minimum Gasteiger partial charge on any atom is -0.496 e. The van der Waals surface area contributed by atoms with Crippen molar-refractivity contribution in [1.82, 2.24) is 0 Å². The van der Waals surface area contributed by atoms with Gasteiger partial charge in [0.05, 0.1) is 7.11 Å². The van der Waals surface area contributed by atoms with Crippen molar-refractivity contribution in [3.63, 3.8) is 0 Å². The Hall–Kier alpha value is -0.950. The van der Waals surface area contributed by atoms with Gasteiger partial charge in [0.2, 0.25) is 0 Å². The smallest absolute Gasteiger partial charge is 0.122 e. The molecule has 0 aliphatic heterocycles. The summed E-state index contributed by atoms with van der Waals surface area (Å²) >= 11 is 6.33. The maximum Gasteiger partial charge on any atom is 0.122 e. The molecule has 1 nitrogen and oxygen atoms in total. The van der Waals surface area contributed by atoms with Gasteiger partial charge >= 0.3 is 0 Å². The molecular formula is C16H23ClO. The molecule has 0 amide bonds. The van der Waals surface area contributed by atoms with Gasteiger partial charge in [0.1, 0.15) is 5.75 Å². The third-order valence-electron chi connectivity index (χ3n) is 3.22. The summed E-state index contributed by atoms with van der Waals surface area (Å²) in [5, 5.41) is 0.859. The zero-order chi connectivity index (χ0) is 13.7. The third kappa shape index (κ3) is 3.52. The highest BCUT2D eigenvalue weighted by Gasteiger charge is 2.14. The molecule has 0 bridgehead atoms. The Morgan fingerprint density at radius 3 is 2.61 bits per heavy atom. The molecule has 1 rings (SSSR count). The Bertz CT molecular complexity index is 435. The average Bonchev–Trinajstić information content (AvgIpc) is 2.36. The van der Waals surface area contributed by atoms with Crippen molar-refractivity contribution >= 4 is 11.6 Å². The van der Waals surface area contributed by atoms with Gasteiger partial charge in [-0.3, -0.25) is 0 Å². The van der Waals surface area contributed by atoms with Gasteiger partial charge in [-0.1, -0.05) is 37.6 Å². The van der Waals surface area contributed by atoms with Crippen LogP contribution in [0.1, 0.15) is 37.0 Å². The Morgan fingerprint density at radius 1 is 1.39 bits per heavy atom. The first-order chi connectivity index (χ1) is 8.51. The predicted octanol–water partition coefficient (Wildman–Crippen LogP) is 5.11. The summed E-state index contributed by atoms with van der Waals surface area (Å²) in [6.07, 6.45) is 6.51. The number of halogens is 1. The molecule has 0 fully saturated rings. The lowest BCUT2D eigenvalue weighted by Crippen LogP contribution is -2.03. The van der Waals surface area contributed by atoms with Gasteiger partial charge in [0.15, 0.2) is 0 Å². The van der Waals surface area contributed by atoms with E-state index >= 15 is 0 Å². The summed E-state index contributed by atoms with van der Waals surface area (Å²) in [5.74, 6) is 1.45. The van der Waals surface area contributed by atoms with Crippen LogP contribution in [0.25, 0.3) is 0 Å². The lowest BCUT2D eigenvalue weighted by atomic mass is 9.94. The van der Waals surface area contributed by atoms with Crippen LogP contribution in [0.3, 0.4) is 0 Å². The van der Waals surface area contributed by atoms with Gasteiger partial charge in [-0.25, -0.2) is 0 Å². The number of allylic oxidation sites excluding steroid dienone is 2. The van der Waals surface area contributed by atoms with E-state index in [0.717, 1.165) is 34.7 Å². The molecule has 0 heterocycles. The van der Waals surface area contributed by atoms with E-state index < -0.39 is 0 Å². The number of methoxy groups -OCH3 is 1. The van der Waals surface area contributed by atoms with E-state index in [9.17, 15) is 0 Å². The molecule has 1 unspecified atom stereocenters. The normalized spacial score (nSPS) is 13.0. The molecule has 0 N–H and O–H groups in total. The molecule has 1 aromatic rings. The summed E-state index contributed by atoms with van der Waals surface area (Å²) in [4.78, 5) is 0. The summed E-state index contributed by atoms with van der Waals surface area (Å²) in [7, 11) is 1.72. The Morgan fingerprint density at radius 2 is 2.06 bits per heavy atom. The van der Waals surface area contributed by atoms with Crippen LogP contribution in [0.4, 0.5) is 0 Å². The van der Waals surface area contributed by atoms with Crippen LogP contribution in [0, 0.1) is 19.8 Å². The molecule has 1 atom stereocenters. The first-order valence-electron chi connectivity index (χ1n) is 6.50. The van der Waals surface area contributed by atoms with Crippen molar-refractivity contribution in [1.29, 1.82) is 0 Å². The van der Waals surface area contributed by atoms with Crippen molar-refractivity contribution in [3.05, 3.63) is 39.9 Å². The first kappa shape index (κ1) is 15.1. The van der Waals surface area contributed by atoms with E-state index in [1.54, 1.807) is 7.11 Å². The summed E-state index contributed by atoms with van der Waals surface area (Å²) in [5.41, 5.74) is 3.44. The maximum absolute atomic E-state index is 6.33. The highest BCUT2D eigenvalue weighted by molar-refractivity contribution is 6.32. The number of aryl methyl sites for hydroxylation is 1. The molecule has 2 heteroatoms. The molecule has 1 aromatic carbocycles. The molecule has 0 saturated heterocycles. The number of ether oxygens (including phenoxy) is 1. The number of hydrogen-bond acceptors (Lipinski definition) is 1. The molecule has 18 heavy (non-hydrogen) atoms. The molecule has 100 valence electrons. The minimum atomic E-state index is 0.497. The number of benzene rings is 1. The van der Waals surface area contributed by atoms with Gasteiger partial charge in [-0.15, -0.1) is 0 Å². The van der Waals surface area contributed by atoms with Crippen molar-refractivity contribution < 1.29 is 4.74 Å². The van der Waals surface area contributed by atoms with Gasteiger partial charge in [0, 0.05) is 5.02 Å². The molecular weight excluding hydrogens is 244 g/mol. The average molecular weight is 267 g/mol. The molecule has 0 aliphatic carbocycles. The monoisotopic (exact) mass is 266 g/mol. The summed E-state index contributed by atoms with van der Waals surface area (Å²) in [6, 6.07) is 2.03. The van der Waals surface area contributed by atoms with Crippen LogP contribution in [0.5, 0.6) is 5.75 Å². The van der Waals surface area contributed by atoms with Gasteiger partial charge < -0.3 is 4.74 Å². The lowest BCUT2D eigenvalue weighted by molar-refractivity contribution is 0.407. The van der Waals surface area contributed by atoms with Crippen molar-refractivity contribution in [2.24, 2.45) is 5.92 Å². The van der Waals surface area contributed by atoms with E-state index in [1.807, 2.05) is 13.0 Å². The number of rotatable bonds is 5. The predicted molar refractivity (Wildman–Crippen MR) is 79.8 cm³/mol. The highest BCUT2D eigenvalue weighted by atomic mass is 35.5. The Labute approximate surface area is 116 Å².